The summed E-state index contributed by atoms with van der Waals surface area (Å²) in [5.41, 5.74) is 0.862. The minimum absolute atomic E-state index is 0.0894. The van der Waals surface area contributed by atoms with E-state index < -0.39 is 0 Å². The Morgan fingerprint density at radius 1 is 1.35 bits per heavy atom. The van der Waals surface area contributed by atoms with E-state index in [4.69, 9.17) is 16.7 Å². The molecule has 5 heteroatoms. The van der Waals surface area contributed by atoms with Crippen LogP contribution in [0.25, 0.3) is 0 Å². The molecular weight excluding hydrogens is 240 g/mol. The normalized spacial score (nSPS) is 13.9. The molecule has 1 rings (SSSR count). The van der Waals surface area contributed by atoms with E-state index >= 15 is 0 Å². The van der Waals surface area contributed by atoms with E-state index in [2.05, 4.69) is 10.6 Å². The standard InChI is InChI=1S/C12H17ClN2O2/c1-8(7-16)14-12(17)15-9(2)10-5-3-4-6-11(10)13/h3-6,8-9,16H,7H2,1-2H3,(H2,14,15,17). The monoisotopic (exact) mass is 256 g/mol. The predicted octanol–water partition coefficient (Wildman–Crippen LogP) is 2.08. The maximum atomic E-state index is 11.5. The number of amides is 2. The van der Waals surface area contributed by atoms with Crippen LogP contribution in [0.3, 0.4) is 0 Å². The first kappa shape index (κ1) is 13.8. The highest BCUT2D eigenvalue weighted by Gasteiger charge is 2.13. The lowest BCUT2D eigenvalue weighted by Gasteiger charge is -2.18. The lowest BCUT2D eigenvalue weighted by molar-refractivity contribution is 0.218. The second-order valence-corrected chi connectivity index (χ2v) is 4.35. The third-order valence-corrected chi connectivity index (χ3v) is 2.71. The molecule has 0 saturated heterocycles. The molecule has 0 radical (unpaired) electrons. The van der Waals surface area contributed by atoms with Crippen LogP contribution in [0.15, 0.2) is 24.3 Å². The van der Waals surface area contributed by atoms with Gasteiger partial charge in [-0.05, 0) is 25.5 Å². The van der Waals surface area contributed by atoms with E-state index in [0.29, 0.717) is 5.02 Å². The van der Waals surface area contributed by atoms with E-state index in [-0.39, 0.29) is 24.7 Å². The van der Waals surface area contributed by atoms with Crippen molar-refractivity contribution in [1.82, 2.24) is 10.6 Å². The number of aliphatic hydroxyl groups is 1. The molecule has 0 aliphatic rings. The van der Waals surface area contributed by atoms with Gasteiger partial charge in [0.25, 0.3) is 0 Å². The zero-order valence-electron chi connectivity index (χ0n) is 9.90. The minimum Gasteiger partial charge on any atom is -0.394 e. The molecule has 1 aromatic carbocycles. The summed E-state index contributed by atoms with van der Waals surface area (Å²) >= 11 is 6.02. The molecule has 0 aliphatic heterocycles. The Morgan fingerprint density at radius 3 is 2.59 bits per heavy atom. The number of hydrogen-bond donors (Lipinski definition) is 3. The lowest BCUT2D eigenvalue weighted by Crippen LogP contribution is -2.43. The van der Waals surface area contributed by atoms with E-state index in [0.717, 1.165) is 5.56 Å². The number of nitrogens with one attached hydrogen (secondary N) is 2. The van der Waals surface area contributed by atoms with Crippen molar-refractivity contribution in [3.05, 3.63) is 34.9 Å². The zero-order valence-corrected chi connectivity index (χ0v) is 10.7. The molecule has 0 saturated carbocycles. The van der Waals surface area contributed by atoms with E-state index in [9.17, 15) is 4.79 Å². The fourth-order valence-corrected chi connectivity index (χ4v) is 1.71. The van der Waals surface area contributed by atoms with Crippen LogP contribution in [0, 0.1) is 0 Å². The Labute approximate surface area is 106 Å². The number of carbonyl (C=O) groups is 1. The Bertz CT molecular complexity index is 385. The van der Waals surface area contributed by atoms with Gasteiger partial charge in [0.1, 0.15) is 0 Å². The van der Waals surface area contributed by atoms with Gasteiger partial charge in [-0.2, -0.15) is 0 Å². The Kier molecular flexibility index (Phi) is 5.25. The third-order valence-electron chi connectivity index (χ3n) is 2.37. The van der Waals surface area contributed by atoms with Crippen molar-refractivity contribution < 1.29 is 9.90 Å². The van der Waals surface area contributed by atoms with Gasteiger partial charge in [-0.1, -0.05) is 29.8 Å². The molecule has 2 amide bonds. The summed E-state index contributed by atoms with van der Waals surface area (Å²) in [5, 5.41) is 14.8. The molecule has 2 unspecified atom stereocenters. The van der Waals surface area contributed by atoms with Crippen LogP contribution in [-0.4, -0.2) is 23.8 Å². The van der Waals surface area contributed by atoms with Crippen LogP contribution >= 0.6 is 11.6 Å². The Morgan fingerprint density at radius 2 is 2.00 bits per heavy atom. The highest BCUT2D eigenvalue weighted by molar-refractivity contribution is 6.31. The molecule has 0 aliphatic carbocycles. The number of rotatable bonds is 4. The number of hydrogen-bond acceptors (Lipinski definition) is 2. The molecule has 94 valence electrons. The van der Waals surface area contributed by atoms with Crippen LogP contribution in [0.1, 0.15) is 25.5 Å². The maximum absolute atomic E-state index is 11.5. The minimum atomic E-state index is -0.320. The average molecular weight is 257 g/mol. The molecule has 0 spiro atoms. The molecule has 0 aromatic heterocycles. The molecule has 0 heterocycles. The summed E-state index contributed by atoms with van der Waals surface area (Å²) in [4.78, 5) is 11.5. The first-order valence-electron chi connectivity index (χ1n) is 5.47. The first-order chi connectivity index (χ1) is 8.04. The summed E-state index contributed by atoms with van der Waals surface area (Å²) in [5.74, 6) is 0. The van der Waals surface area contributed by atoms with E-state index in [1.807, 2.05) is 25.1 Å². The van der Waals surface area contributed by atoms with Gasteiger partial charge in [-0.25, -0.2) is 4.79 Å². The second-order valence-electron chi connectivity index (χ2n) is 3.94. The highest BCUT2D eigenvalue weighted by atomic mass is 35.5. The Hall–Kier alpha value is -1.26. The SMILES string of the molecule is CC(CO)NC(=O)NC(C)c1ccccc1Cl. The number of benzene rings is 1. The second kappa shape index (κ2) is 6.47. The Balaban J connectivity index is 2.58. The van der Waals surface area contributed by atoms with Gasteiger partial charge in [0.05, 0.1) is 18.7 Å². The molecular formula is C12H17ClN2O2. The largest absolute Gasteiger partial charge is 0.394 e. The van der Waals surface area contributed by atoms with Crippen molar-refractivity contribution in [2.75, 3.05) is 6.61 Å². The van der Waals surface area contributed by atoms with Gasteiger partial charge >= 0.3 is 6.03 Å². The van der Waals surface area contributed by atoms with Crippen LogP contribution in [0.5, 0.6) is 0 Å². The molecule has 17 heavy (non-hydrogen) atoms. The maximum Gasteiger partial charge on any atom is 0.315 e. The average Bonchev–Trinajstić information content (AvgIpc) is 2.29. The molecule has 3 N–H and O–H groups in total. The van der Waals surface area contributed by atoms with Gasteiger partial charge in [0, 0.05) is 5.02 Å². The van der Waals surface area contributed by atoms with Crippen molar-refractivity contribution >= 4 is 17.6 Å². The fourth-order valence-electron chi connectivity index (χ4n) is 1.41. The smallest absolute Gasteiger partial charge is 0.315 e. The predicted molar refractivity (Wildman–Crippen MR) is 68.1 cm³/mol. The molecule has 2 atom stereocenters. The highest BCUT2D eigenvalue weighted by Crippen LogP contribution is 2.21. The fraction of sp³-hybridized carbons (Fsp3) is 0.417. The van der Waals surface area contributed by atoms with Crippen molar-refractivity contribution in [1.29, 1.82) is 0 Å². The number of aliphatic hydroxyl groups excluding tert-OH is 1. The van der Waals surface area contributed by atoms with Crippen molar-refractivity contribution in [2.24, 2.45) is 0 Å². The quantitative estimate of drug-likeness (QED) is 0.772. The van der Waals surface area contributed by atoms with Crippen molar-refractivity contribution in [2.45, 2.75) is 25.9 Å². The van der Waals surface area contributed by atoms with Gasteiger partial charge in [-0.15, -0.1) is 0 Å². The van der Waals surface area contributed by atoms with Gasteiger partial charge < -0.3 is 15.7 Å². The summed E-state index contributed by atoms with van der Waals surface area (Å²) in [6.45, 7) is 3.48. The van der Waals surface area contributed by atoms with Gasteiger partial charge in [-0.3, -0.25) is 0 Å². The first-order valence-corrected chi connectivity index (χ1v) is 5.84. The molecule has 1 aromatic rings. The summed E-state index contributed by atoms with van der Waals surface area (Å²) in [7, 11) is 0. The van der Waals surface area contributed by atoms with Crippen molar-refractivity contribution in [3.63, 3.8) is 0 Å². The van der Waals surface area contributed by atoms with Gasteiger partial charge in [0.15, 0.2) is 0 Å². The van der Waals surface area contributed by atoms with E-state index in [1.165, 1.54) is 0 Å². The topological polar surface area (TPSA) is 61.4 Å². The van der Waals surface area contributed by atoms with Crippen molar-refractivity contribution in [3.8, 4) is 0 Å². The van der Waals surface area contributed by atoms with Gasteiger partial charge in [0.2, 0.25) is 0 Å². The summed E-state index contributed by atoms with van der Waals surface area (Å²) in [6.07, 6.45) is 0. The number of urea groups is 1. The summed E-state index contributed by atoms with van der Waals surface area (Å²) in [6, 6.07) is 6.58. The third kappa shape index (κ3) is 4.24. The van der Waals surface area contributed by atoms with Crippen LogP contribution < -0.4 is 10.6 Å². The van der Waals surface area contributed by atoms with Crippen LogP contribution in [0.2, 0.25) is 5.02 Å². The zero-order chi connectivity index (χ0) is 12.8. The molecule has 4 nitrogen and oxygen atoms in total. The number of carbonyl (C=O) groups excluding carboxylic acids is 1. The molecule has 0 bridgehead atoms. The van der Waals surface area contributed by atoms with Crippen LogP contribution in [-0.2, 0) is 0 Å². The summed E-state index contributed by atoms with van der Waals surface area (Å²) < 4.78 is 0. The van der Waals surface area contributed by atoms with Crippen LogP contribution in [0.4, 0.5) is 4.79 Å². The number of halogens is 1. The molecule has 0 fully saturated rings. The lowest BCUT2D eigenvalue weighted by atomic mass is 10.1. The van der Waals surface area contributed by atoms with E-state index in [1.54, 1.807) is 13.0 Å².